The Kier molecular flexibility index (Phi) is 6.36. The van der Waals surface area contributed by atoms with Gasteiger partial charge in [-0.2, -0.15) is 0 Å². The van der Waals surface area contributed by atoms with E-state index in [2.05, 4.69) is 15.3 Å². The normalized spacial score (nSPS) is 10.9. The number of nitro groups is 1. The Bertz CT molecular complexity index is 1510. The van der Waals surface area contributed by atoms with Gasteiger partial charge in [-0.3, -0.25) is 19.7 Å². The van der Waals surface area contributed by atoms with Crippen LogP contribution in [-0.4, -0.2) is 20.8 Å². The summed E-state index contributed by atoms with van der Waals surface area (Å²) in [7, 11) is 0. The molecule has 9 nitrogen and oxygen atoms in total. The third kappa shape index (κ3) is 4.63. The molecule has 1 amide bonds. The lowest BCUT2D eigenvalue weighted by atomic mass is 10.1. The number of aromatic amines is 1. The lowest BCUT2D eigenvalue weighted by molar-refractivity contribution is -0.384. The minimum Gasteiger partial charge on any atom is -0.484 e. The number of aromatic nitrogens is 2. The molecule has 0 saturated heterocycles. The maximum atomic E-state index is 12.9. The quantitative estimate of drug-likeness (QED) is 0.274. The van der Waals surface area contributed by atoms with Gasteiger partial charge in [-0.05, 0) is 44.0 Å². The fourth-order valence-electron chi connectivity index (χ4n) is 3.47. The average molecular weight is 499 g/mol. The van der Waals surface area contributed by atoms with E-state index in [0.29, 0.717) is 26.3 Å². The van der Waals surface area contributed by atoms with Gasteiger partial charge < -0.3 is 15.0 Å². The number of hydrogen-bond acceptors (Lipinski definition) is 7. The molecule has 0 fully saturated rings. The molecule has 0 spiro atoms. The molecule has 0 aliphatic carbocycles. The van der Waals surface area contributed by atoms with Gasteiger partial charge in [0, 0.05) is 17.8 Å². The number of nitrogens with one attached hydrogen (secondary N) is 2. The Morgan fingerprint density at radius 1 is 1.24 bits per heavy atom. The van der Waals surface area contributed by atoms with Crippen LogP contribution in [0.25, 0.3) is 10.2 Å². The summed E-state index contributed by atoms with van der Waals surface area (Å²) in [6.45, 7) is 5.48. The van der Waals surface area contributed by atoms with E-state index in [1.807, 2.05) is 32.0 Å². The summed E-state index contributed by atoms with van der Waals surface area (Å²) >= 11 is 7.17. The molecule has 4 aromatic rings. The molecule has 0 bridgehead atoms. The minimum atomic E-state index is -0.560. The van der Waals surface area contributed by atoms with Crippen LogP contribution in [0.15, 0.2) is 41.2 Å². The highest BCUT2D eigenvalue weighted by molar-refractivity contribution is 7.20. The summed E-state index contributed by atoms with van der Waals surface area (Å²) < 4.78 is 5.59. The Balaban J connectivity index is 1.58. The van der Waals surface area contributed by atoms with Crippen LogP contribution >= 0.6 is 22.9 Å². The Morgan fingerprint density at radius 2 is 2.00 bits per heavy atom. The molecule has 2 aromatic carbocycles. The number of benzene rings is 2. The maximum Gasteiger partial charge on any atom is 0.271 e. The van der Waals surface area contributed by atoms with Gasteiger partial charge in [-0.1, -0.05) is 29.3 Å². The predicted octanol–water partition coefficient (Wildman–Crippen LogP) is 5.30. The zero-order valence-electron chi connectivity index (χ0n) is 18.4. The Labute approximate surface area is 202 Å². The van der Waals surface area contributed by atoms with Gasteiger partial charge in [0.25, 0.3) is 17.2 Å². The monoisotopic (exact) mass is 498 g/mol. The number of non-ortho nitro benzene ring substituents is 1. The zero-order chi connectivity index (χ0) is 24.6. The highest BCUT2D eigenvalue weighted by atomic mass is 35.5. The fraction of sp³-hybridized carbons (Fsp3) is 0.174. The first-order chi connectivity index (χ1) is 16.1. The highest BCUT2D eigenvalue weighted by Crippen LogP contribution is 2.30. The van der Waals surface area contributed by atoms with Crippen molar-refractivity contribution in [3.8, 4) is 5.75 Å². The van der Waals surface area contributed by atoms with Crippen molar-refractivity contribution < 1.29 is 14.5 Å². The van der Waals surface area contributed by atoms with Crippen molar-refractivity contribution in [1.82, 2.24) is 9.97 Å². The number of aryl methyl sites for hydroxylation is 3. The van der Waals surface area contributed by atoms with Crippen molar-refractivity contribution in [3.63, 3.8) is 0 Å². The molecule has 2 aromatic heterocycles. The van der Waals surface area contributed by atoms with Crippen LogP contribution in [0.2, 0.25) is 5.02 Å². The standard InChI is InChI=1S/C23H19ClN4O5S/c1-11-4-6-16(12(2)8-11)25-22(30)20-13(3)19-21(29)26-18(27-23(19)34-20)10-33-17-7-5-14(28(31)32)9-15(17)24/h4-9H,10H2,1-3H3,(H,25,30)(H,26,27,29). The van der Waals surface area contributed by atoms with E-state index in [9.17, 15) is 19.7 Å². The first-order valence-corrected chi connectivity index (χ1v) is 11.3. The summed E-state index contributed by atoms with van der Waals surface area (Å²) in [5.74, 6) is 0.128. The van der Waals surface area contributed by atoms with Crippen LogP contribution in [0, 0.1) is 30.9 Å². The van der Waals surface area contributed by atoms with E-state index >= 15 is 0 Å². The lowest BCUT2D eigenvalue weighted by Crippen LogP contribution is -2.14. The lowest BCUT2D eigenvalue weighted by Gasteiger charge is -2.08. The third-order valence-corrected chi connectivity index (χ3v) is 6.66. The second-order valence-electron chi connectivity index (χ2n) is 7.68. The fourth-order valence-corrected chi connectivity index (χ4v) is 4.80. The van der Waals surface area contributed by atoms with E-state index in [4.69, 9.17) is 16.3 Å². The average Bonchev–Trinajstić information content (AvgIpc) is 3.11. The van der Waals surface area contributed by atoms with Gasteiger partial charge in [0.2, 0.25) is 0 Å². The van der Waals surface area contributed by atoms with E-state index in [-0.39, 0.29) is 34.8 Å². The van der Waals surface area contributed by atoms with Gasteiger partial charge >= 0.3 is 0 Å². The van der Waals surface area contributed by atoms with Gasteiger partial charge in [0.05, 0.1) is 20.2 Å². The Morgan fingerprint density at radius 3 is 2.68 bits per heavy atom. The molecule has 34 heavy (non-hydrogen) atoms. The zero-order valence-corrected chi connectivity index (χ0v) is 20.0. The molecule has 0 unspecified atom stereocenters. The van der Waals surface area contributed by atoms with Crippen LogP contribution in [0.5, 0.6) is 5.75 Å². The molecule has 174 valence electrons. The number of halogens is 1. The van der Waals surface area contributed by atoms with Crippen LogP contribution < -0.4 is 15.6 Å². The van der Waals surface area contributed by atoms with E-state index < -0.39 is 10.5 Å². The number of hydrogen-bond donors (Lipinski definition) is 2. The number of anilines is 1. The summed E-state index contributed by atoms with van der Waals surface area (Å²) in [6, 6.07) is 9.56. The van der Waals surface area contributed by atoms with Gasteiger partial charge in [-0.15, -0.1) is 11.3 Å². The number of thiophene rings is 1. The van der Waals surface area contributed by atoms with Gasteiger partial charge in [-0.25, -0.2) is 4.98 Å². The van der Waals surface area contributed by atoms with Crippen LogP contribution in [0.3, 0.4) is 0 Å². The number of fused-ring (bicyclic) bond motifs is 1. The molecule has 0 radical (unpaired) electrons. The molecule has 0 aliphatic rings. The minimum absolute atomic E-state index is 0.0648. The SMILES string of the molecule is Cc1ccc(NC(=O)c2sc3nc(COc4ccc([N+](=O)[O-])cc4Cl)[nH]c(=O)c3c2C)c(C)c1. The molecule has 0 saturated carbocycles. The number of ether oxygens (including phenoxy) is 1. The first kappa shape index (κ1) is 23.4. The summed E-state index contributed by atoms with van der Waals surface area (Å²) in [5.41, 5.74) is 2.72. The second kappa shape index (κ2) is 9.24. The van der Waals surface area contributed by atoms with Crippen LogP contribution in [-0.2, 0) is 6.61 Å². The van der Waals surface area contributed by atoms with Crippen LogP contribution in [0.1, 0.15) is 32.2 Å². The van der Waals surface area contributed by atoms with Crippen molar-refractivity contribution in [3.05, 3.63) is 89.3 Å². The molecule has 0 aliphatic heterocycles. The molecule has 4 rings (SSSR count). The van der Waals surface area contributed by atoms with Gasteiger partial charge in [0.15, 0.2) is 0 Å². The molecule has 2 N–H and O–H groups in total. The highest BCUT2D eigenvalue weighted by Gasteiger charge is 2.20. The van der Waals surface area contributed by atoms with E-state index in [1.165, 1.54) is 18.2 Å². The number of nitro benzene ring substituents is 1. The number of H-pyrrole nitrogens is 1. The van der Waals surface area contributed by atoms with Crippen molar-refractivity contribution in [1.29, 1.82) is 0 Å². The summed E-state index contributed by atoms with van der Waals surface area (Å²) in [4.78, 5) is 43.8. The predicted molar refractivity (Wildman–Crippen MR) is 131 cm³/mol. The second-order valence-corrected chi connectivity index (χ2v) is 9.09. The number of nitrogens with zero attached hydrogens (tertiary/aromatic N) is 2. The van der Waals surface area contributed by atoms with Crippen molar-refractivity contribution in [2.45, 2.75) is 27.4 Å². The molecular formula is C23H19ClN4O5S. The molecule has 11 heteroatoms. The maximum absolute atomic E-state index is 12.9. The smallest absolute Gasteiger partial charge is 0.271 e. The topological polar surface area (TPSA) is 127 Å². The first-order valence-electron chi connectivity index (χ1n) is 10.1. The van der Waals surface area contributed by atoms with Crippen LogP contribution in [0.4, 0.5) is 11.4 Å². The number of amides is 1. The number of carbonyl (C=O) groups excluding carboxylic acids is 1. The molecular weight excluding hydrogens is 480 g/mol. The van der Waals surface area contributed by atoms with Crippen molar-refractivity contribution in [2.75, 3.05) is 5.32 Å². The third-order valence-electron chi connectivity index (χ3n) is 5.18. The molecule has 0 atom stereocenters. The number of carbonyl (C=O) groups is 1. The van der Waals surface area contributed by atoms with E-state index in [1.54, 1.807) is 6.92 Å². The number of rotatable bonds is 6. The summed E-state index contributed by atoms with van der Waals surface area (Å²) in [5, 5.41) is 14.1. The largest absolute Gasteiger partial charge is 0.484 e. The van der Waals surface area contributed by atoms with Gasteiger partial charge in [0.1, 0.15) is 23.0 Å². The Hall–Kier alpha value is -3.76. The van der Waals surface area contributed by atoms with Crippen molar-refractivity contribution >= 4 is 50.4 Å². The summed E-state index contributed by atoms with van der Waals surface area (Å²) in [6.07, 6.45) is 0. The van der Waals surface area contributed by atoms with Crippen molar-refractivity contribution in [2.24, 2.45) is 0 Å². The van der Waals surface area contributed by atoms with E-state index in [0.717, 1.165) is 22.5 Å². The molecule has 2 heterocycles.